The summed E-state index contributed by atoms with van der Waals surface area (Å²) in [6, 6.07) is 7.36. The lowest BCUT2D eigenvalue weighted by molar-refractivity contribution is -0.115. The number of amides is 2. The quantitative estimate of drug-likeness (QED) is 0.763. The summed E-state index contributed by atoms with van der Waals surface area (Å²) in [5.41, 5.74) is 1.08. The highest BCUT2D eigenvalue weighted by Crippen LogP contribution is 2.20. The van der Waals surface area contributed by atoms with Crippen LogP contribution in [-0.2, 0) is 4.79 Å². The van der Waals surface area contributed by atoms with Gasteiger partial charge in [-0.15, -0.1) is 0 Å². The van der Waals surface area contributed by atoms with E-state index in [9.17, 15) is 9.59 Å². The van der Waals surface area contributed by atoms with E-state index >= 15 is 0 Å². The Bertz CT molecular complexity index is 482. The van der Waals surface area contributed by atoms with Gasteiger partial charge in [0, 0.05) is 6.04 Å². The first kappa shape index (κ1) is 14.5. The third kappa shape index (κ3) is 3.81. The molecule has 0 radical (unpaired) electrons. The molecular formula is C15H21N3O2. The maximum Gasteiger partial charge on any atom is 0.253 e. The van der Waals surface area contributed by atoms with Gasteiger partial charge in [0.15, 0.2) is 0 Å². The fourth-order valence-electron chi connectivity index (χ4n) is 2.48. The third-order valence-electron chi connectivity index (χ3n) is 3.47. The van der Waals surface area contributed by atoms with Crippen LogP contribution in [0.3, 0.4) is 0 Å². The summed E-state index contributed by atoms with van der Waals surface area (Å²) in [6.45, 7) is 0.221. The van der Waals surface area contributed by atoms with E-state index in [1.54, 1.807) is 31.3 Å². The Morgan fingerprint density at radius 3 is 2.60 bits per heavy atom. The second kappa shape index (κ2) is 7.05. The summed E-state index contributed by atoms with van der Waals surface area (Å²) in [4.78, 5) is 23.9. The van der Waals surface area contributed by atoms with Crippen molar-refractivity contribution in [1.82, 2.24) is 10.6 Å². The zero-order valence-electron chi connectivity index (χ0n) is 11.7. The lowest BCUT2D eigenvalue weighted by atomic mass is 10.1. The number of carbonyl (C=O) groups excluding carboxylic acids is 2. The van der Waals surface area contributed by atoms with Crippen molar-refractivity contribution in [3.05, 3.63) is 29.8 Å². The van der Waals surface area contributed by atoms with Gasteiger partial charge in [-0.1, -0.05) is 25.0 Å². The van der Waals surface area contributed by atoms with Crippen LogP contribution in [0.25, 0.3) is 0 Å². The smallest absolute Gasteiger partial charge is 0.253 e. The predicted octanol–water partition coefficient (Wildman–Crippen LogP) is 1.52. The molecule has 3 N–H and O–H groups in total. The Labute approximate surface area is 119 Å². The highest BCUT2D eigenvalue weighted by atomic mass is 16.2. The molecule has 0 bridgehead atoms. The van der Waals surface area contributed by atoms with Crippen molar-refractivity contribution in [2.75, 3.05) is 18.9 Å². The number of para-hydroxylation sites is 1. The molecule has 0 aromatic heterocycles. The molecule has 0 atom stereocenters. The molecule has 2 amide bonds. The second-order valence-corrected chi connectivity index (χ2v) is 5.08. The number of carbonyl (C=O) groups is 2. The van der Waals surface area contributed by atoms with Gasteiger partial charge in [0.2, 0.25) is 5.91 Å². The van der Waals surface area contributed by atoms with Gasteiger partial charge in [0.1, 0.15) is 0 Å². The van der Waals surface area contributed by atoms with Crippen molar-refractivity contribution in [3.63, 3.8) is 0 Å². The van der Waals surface area contributed by atoms with Gasteiger partial charge in [-0.3, -0.25) is 9.59 Å². The molecule has 0 saturated heterocycles. The van der Waals surface area contributed by atoms with Crippen molar-refractivity contribution in [1.29, 1.82) is 0 Å². The molecule has 0 aliphatic heterocycles. The molecule has 1 aliphatic rings. The van der Waals surface area contributed by atoms with Gasteiger partial charge in [0.25, 0.3) is 5.91 Å². The van der Waals surface area contributed by atoms with Crippen molar-refractivity contribution in [3.8, 4) is 0 Å². The third-order valence-corrected chi connectivity index (χ3v) is 3.47. The molecule has 5 nitrogen and oxygen atoms in total. The Kier molecular flexibility index (Phi) is 5.12. The van der Waals surface area contributed by atoms with Gasteiger partial charge in [-0.05, 0) is 32.0 Å². The van der Waals surface area contributed by atoms with Crippen molar-refractivity contribution in [2.45, 2.75) is 31.7 Å². The van der Waals surface area contributed by atoms with Crippen molar-refractivity contribution in [2.24, 2.45) is 0 Å². The largest absolute Gasteiger partial charge is 0.349 e. The SMILES string of the molecule is CNCC(=O)Nc1ccccc1C(=O)NC1CCCC1. The van der Waals surface area contributed by atoms with Crippen LogP contribution in [-0.4, -0.2) is 31.4 Å². The average molecular weight is 275 g/mol. The van der Waals surface area contributed by atoms with E-state index in [0.717, 1.165) is 12.8 Å². The Hall–Kier alpha value is -1.88. The maximum atomic E-state index is 12.3. The fourth-order valence-corrected chi connectivity index (χ4v) is 2.48. The van der Waals surface area contributed by atoms with E-state index in [4.69, 9.17) is 0 Å². The number of benzene rings is 1. The summed E-state index contributed by atoms with van der Waals surface area (Å²) < 4.78 is 0. The first-order chi connectivity index (χ1) is 9.70. The van der Waals surface area contributed by atoms with E-state index in [1.165, 1.54) is 12.8 Å². The molecule has 5 heteroatoms. The number of rotatable bonds is 5. The number of hydrogen-bond acceptors (Lipinski definition) is 3. The summed E-state index contributed by atoms with van der Waals surface area (Å²) in [7, 11) is 1.71. The molecule has 1 aromatic rings. The van der Waals surface area contributed by atoms with Crippen LogP contribution in [0.5, 0.6) is 0 Å². The lowest BCUT2D eigenvalue weighted by Crippen LogP contribution is -2.33. The lowest BCUT2D eigenvalue weighted by Gasteiger charge is -2.15. The second-order valence-electron chi connectivity index (χ2n) is 5.08. The normalized spacial score (nSPS) is 15.1. The number of anilines is 1. The van der Waals surface area contributed by atoms with Crippen LogP contribution in [0, 0.1) is 0 Å². The van der Waals surface area contributed by atoms with E-state index in [0.29, 0.717) is 11.3 Å². The molecule has 20 heavy (non-hydrogen) atoms. The first-order valence-electron chi connectivity index (χ1n) is 7.05. The monoisotopic (exact) mass is 275 g/mol. The van der Waals surface area contributed by atoms with Gasteiger partial charge >= 0.3 is 0 Å². The molecule has 2 rings (SSSR count). The van der Waals surface area contributed by atoms with Gasteiger partial charge in [-0.2, -0.15) is 0 Å². The molecule has 108 valence electrons. The summed E-state index contributed by atoms with van der Waals surface area (Å²) in [5.74, 6) is -0.272. The minimum absolute atomic E-state index is 0.114. The van der Waals surface area contributed by atoms with Crippen LogP contribution < -0.4 is 16.0 Å². The molecule has 0 unspecified atom stereocenters. The molecule has 1 aromatic carbocycles. The van der Waals surface area contributed by atoms with Gasteiger partial charge < -0.3 is 16.0 Å². The standard InChI is InChI=1S/C15H21N3O2/c1-16-10-14(19)18-13-9-5-4-8-12(13)15(20)17-11-6-2-3-7-11/h4-5,8-9,11,16H,2-3,6-7,10H2,1H3,(H,17,20)(H,18,19). The molecule has 1 aliphatic carbocycles. The Morgan fingerprint density at radius 2 is 1.90 bits per heavy atom. The average Bonchev–Trinajstić information content (AvgIpc) is 2.92. The summed E-state index contributed by atoms with van der Waals surface area (Å²) in [5, 5.41) is 8.57. The topological polar surface area (TPSA) is 70.2 Å². The van der Waals surface area contributed by atoms with Crippen LogP contribution in [0.1, 0.15) is 36.0 Å². The molecule has 1 saturated carbocycles. The van der Waals surface area contributed by atoms with Gasteiger partial charge in [0.05, 0.1) is 17.8 Å². The predicted molar refractivity (Wildman–Crippen MR) is 78.7 cm³/mol. The van der Waals surface area contributed by atoms with Crippen LogP contribution in [0.2, 0.25) is 0 Å². The van der Waals surface area contributed by atoms with Gasteiger partial charge in [-0.25, -0.2) is 0 Å². The van der Waals surface area contributed by atoms with E-state index in [-0.39, 0.29) is 24.4 Å². The van der Waals surface area contributed by atoms with Crippen LogP contribution in [0.15, 0.2) is 24.3 Å². The van der Waals surface area contributed by atoms with E-state index in [2.05, 4.69) is 16.0 Å². The van der Waals surface area contributed by atoms with E-state index in [1.807, 2.05) is 0 Å². The van der Waals surface area contributed by atoms with E-state index < -0.39 is 0 Å². The molecule has 1 fully saturated rings. The maximum absolute atomic E-state index is 12.3. The number of likely N-dealkylation sites (N-methyl/N-ethyl adjacent to an activating group) is 1. The molecular weight excluding hydrogens is 254 g/mol. The van der Waals surface area contributed by atoms with Crippen molar-refractivity contribution >= 4 is 17.5 Å². The first-order valence-corrected chi connectivity index (χ1v) is 7.05. The zero-order valence-corrected chi connectivity index (χ0v) is 11.7. The highest BCUT2D eigenvalue weighted by molar-refractivity contribution is 6.04. The number of nitrogens with one attached hydrogen (secondary N) is 3. The van der Waals surface area contributed by atoms with Crippen molar-refractivity contribution < 1.29 is 9.59 Å². The number of hydrogen-bond donors (Lipinski definition) is 3. The molecule has 0 spiro atoms. The van der Waals surface area contributed by atoms with Crippen LogP contribution in [0.4, 0.5) is 5.69 Å². The zero-order chi connectivity index (χ0) is 14.4. The Balaban J connectivity index is 2.06. The minimum Gasteiger partial charge on any atom is -0.349 e. The minimum atomic E-state index is -0.159. The Morgan fingerprint density at radius 1 is 1.20 bits per heavy atom. The highest BCUT2D eigenvalue weighted by Gasteiger charge is 2.19. The summed E-state index contributed by atoms with van der Waals surface area (Å²) in [6.07, 6.45) is 4.43. The van der Waals surface area contributed by atoms with Crippen LogP contribution >= 0.6 is 0 Å². The fraction of sp³-hybridized carbons (Fsp3) is 0.467. The molecule has 0 heterocycles. The summed E-state index contributed by atoms with van der Waals surface area (Å²) >= 11 is 0.